The summed E-state index contributed by atoms with van der Waals surface area (Å²) in [4.78, 5) is 1.75. The zero-order valence-electron chi connectivity index (χ0n) is 8.73. The molecule has 0 bridgehead atoms. The van der Waals surface area contributed by atoms with E-state index in [9.17, 15) is 12.8 Å². The quantitative estimate of drug-likeness (QED) is 0.782. The second kappa shape index (κ2) is 4.57. The van der Waals surface area contributed by atoms with Gasteiger partial charge >= 0.3 is 0 Å². The van der Waals surface area contributed by atoms with Crippen molar-refractivity contribution < 1.29 is 12.8 Å². The van der Waals surface area contributed by atoms with Crippen LogP contribution in [-0.2, 0) is 10.0 Å². The van der Waals surface area contributed by atoms with Gasteiger partial charge in [-0.2, -0.15) is 5.26 Å². The van der Waals surface area contributed by atoms with Crippen molar-refractivity contribution in [3.05, 3.63) is 29.6 Å². The molecule has 0 saturated carbocycles. The predicted octanol–water partition coefficient (Wildman–Crippen LogP) is 0.452. The first kappa shape index (κ1) is 12.6. The number of hydrazine groups is 1. The smallest absolute Gasteiger partial charge is 0.237 e. The van der Waals surface area contributed by atoms with E-state index in [4.69, 9.17) is 5.26 Å². The van der Waals surface area contributed by atoms with E-state index in [2.05, 4.69) is 4.83 Å². The van der Waals surface area contributed by atoms with Gasteiger partial charge in [-0.1, -0.05) is 6.07 Å². The summed E-state index contributed by atoms with van der Waals surface area (Å²) in [5, 5.41) is 9.90. The first-order chi connectivity index (χ1) is 7.38. The molecule has 1 aromatic carbocycles. The molecular formula is C9H10FN3O2S. The minimum Gasteiger partial charge on any atom is -0.237 e. The molecule has 0 saturated heterocycles. The summed E-state index contributed by atoms with van der Waals surface area (Å²) < 4.78 is 36.6. The molecule has 86 valence electrons. The molecular weight excluding hydrogens is 233 g/mol. The molecule has 0 unspecified atom stereocenters. The molecule has 0 aliphatic heterocycles. The van der Waals surface area contributed by atoms with Gasteiger partial charge in [-0.3, -0.25) is 0 Å². The SMILES string of the molecule is CN(C)NS(=O)(=O)c1cccc(F)c1C#N. The molecule has 7 heteroatoms. The molecule has 16 heavy (non-hydrogen) atoms. The molecule has 1 rings (SSSR count). The third-order valence-corrected chi connectivity index (χ3v) is 3.20. The highest BCUT2D eigenvalue weighted by Gasteiger charge is 2.21. The Morgan fingerprint density at radius 1 is 1.44 bits per heavy atom. The molecule has 0 heterocycles. The van der Waals surface area contributed by atoms with Crippen molar-refractivity contribution in [1.82, 2.24) is 9.84 Å². The Morgan fingerprint density at radius 3 is 2.56 bits per heavy atom. The second-order valence-electron chi connectivity index (χ2n) is 3.21. The number of nitrogens with zero attached hydrogens (tertiary/aromatic N) is 2. The van der Waals surface area contributed by atoms with E-state index in [-0.39, 0.29) is 4.90 Å². The fraction of sp³-hybridized carbons (Fsp3) is 0.222. The van der Waals surface area contributed by atoms with Gasteiger partial charge in [-0.05, 0) is 12.1 Å². The van der Waals surface area contributed by atoms with E-state index in [0.717, 1.165) is 6.07 Å². The highest BCUT2D eigenvalue weighted by molar-refractivity contribution is 7.89. The van der Waals surface area contributed by atoms with Crippen molar-refractivity contribution in [1.29, 1.82) is 5.26 Å². The van der Waals surface area contributed by atoms with Gasteiger partial charge in [0, 0.05) is 14.1 Å². The molecule has 0 atom stereocenters. The molecule has 0 aliphatic carbocycles. The van der Waals surface area contributed by atoms with Gasteiger partial charge in [-0.25, -0.2) is 17.8 Å². The van der Waals surface area contributed by atoms with Crippen LogP contribution in [0.3, 0.4) is 0 Å². The molecule has 1 N–H and O–H groups in total. The van der Waals surface area contributed by atoms with Crippen LogP contribution in [0, 0.1) is 17.1 Å². The number of halogens is 1. The minimum absolute atomic E-state index is 0.372. The highest BCUT2D eigenvalue weighted by atomic mass is 32.2. The monoisotopic (exact) mass is 243 g/mol. The fourth-order valence-electron chi connectivity index (χ4n) is 1.13. The number of nitriles is 1. The van der Waals surface area contributed by atoms with Crippen molar-refractivity contribution in [3.63, 3.8) is 0 Å². The van der Waals surface area contributed by atoms with Gasteiger partial charge in [0.2, 0.25) is 0 Å². The maximum Gasteiger partial charge on any atom is 0.254 e. The van der Waals surface area contributed by atoms with E-state index in [1.165, 1.54) is 37.3 Å². The number of hydrogen-bond acceptors (Lipinski definition) is 4. The van der Waals surface area contributed by atoms with Crippen LogP contribution in [0.1, 0.15) is 5.56 Å². The predicted molar refractivity (Wildman–Crippen MR) is 55.1 cm³/mol. The highest BCUT2D eigenvalue weighted by Crippen LogP contribution is 2.17. The summed E-state index contributed by atoms with van der Waals surface area (Å²) >= 11 is 0. The van der Waals surface area contributed by atoms with Crippen LogP contribution in [0.25, 0.3) is 0 Å². The third-order valence-electron chi connectivity index (χ3n) is 1.68. The van der Waals surface area contributed by atoms with Gasteiger partial charge in [0.1, 0.15) is 22.3 Å². The summed E-state index contributed by atoms with van der Waals surface area (Å²) in [6, 6.07) is 4.98. The Bertz CT molecular complexity index is 534. The van der Waals surface area contributed by atoms with Crippen LogP contribution < -0.4 is 4.83 Å². The molecule has 1 aromatic rings. The van der Waals surface area contributed by atoms with Crippen molar-refractivity contribution in [3.8, 4) is 6.07 Å². The van der Waals surface area contributed by atoms with E-state index in [0.29, 0.717) is 0 Å². The summed E-state index contributed by atoms with van der Waals surface area (Å²) in [6.07, 6.45) is 0. The number of nitrogens with one attached hydrogen (secondary N) is 1. The molecule has 0 fully saturated rings. The second-order valence-corrected chi connectivity index (χ2v) is 4.84. The van der Waals surface area contributed by atoms with Gasteiger partial charge in [0.05, 0.1) is 0 Å². The molecule has 0 amide bonds. The zero-order valence-corrected chi connectivity index (χ0v) is 9.55. The van der Waals surface area contributed by atoms with Crippen molar-refractivity contribution >= 4 is 10.0 Å². The fourth-order valence-corrected chi connectivity index (χ4v) is 2.37. The molecule has 0 aliphatic rings. The van der Waals surface area contributed by atoms with E-state index in [1.807, 2.05) is 0 Å². The Hall–Kier alpha value is -1.49. The van der Waals surface area contributed by atoms with E-state index < -0.39 is 21.4 Å². The number of rotatable bonds is 3. The Labute approximate surface area is 93.1 Å². The molecule has 5 nitrogen and oxygen atoms in total. The average Bonchev–Trinajstić information content (AvgIpc) is 2.15. The standard InChI is InChI=1S/C9H10FN3O2S/c1-13(2)12-16(14,15)9-5-3-4-8(10)7(9)6-11/h3-5,12H,1-2H3. The number of hydrogen-bond donors (Lipinski definition) is 1. The van der Waals surface area contributed by atoms with Crippen LogP contribution in [-0.4, -0.2) is 27.5 Å². The van der Waals surface area contributed by atoms with Gasteiger partial charge in [0.25, 0.3) is 10.0 Å². The number of benzene rings is 1. The van der Waals surface area contributed by atoms with Gasteiger partial charge in [-0.15, -0.1) is 4.83 Å². The van der Waals surface area contributed by atoms with Crippen molar-refractivity contribution in [2.24, 2.45) is 0 Å². The van der Waals surface area contributed by atoms with Crippen LogP contribution >= 0.6 is 0 Å². The Kier molecular flexibility index (Phi) is 3.59. The first-order valence-corrected chi connectivity index (χ1v) is 5.75. The maximum absolute atomic E-state index is 13.2. The molecule has 0 radical (unpaired) electrons. The lowest BCUT2D eigenvalue weighted by atomic mass is 10.2. The zero-order chi connectivity index (χ0) is 12.3. The first-order valence-electron chi connectivity index (χ1n) is 4.27. The van der Waals surface area contributed by atoms with Crippen LogP contribution in [0.4, 0.5) is 4.39 Å². The average molecular weight is 243 g/mol. The van der Waals surface area contributed by atoms with Gasteiger partial charge < -0.3 is 0 Å². The number of sulfonamides is 1. The largest absolute Gasteiger partial charge is 0.254 e. The van der Waals surface area contributed by atoms with Gasteiger partial charge in [0.15, 0.2) is 0 Å². The lowest BCUT2D eigenvalue weighted by Gasteiger charge is -2.13. The lowest BCUT2D eigenvalue weighted by molar-refractivity contribution is 0.364. The third kappa shape index (κ3) is 2.55. The summed E-state index contributed by atoms with van der Waals surface area (Å²) in [5.74, 6) is -0.857. The topological polar surface area (TPSA) is 73.2 Å². The minimum atomic E-state index is -3.91. The van der Waals surface area contributed by atoms with E-state index >= 15 is 0 Å². The Balaban J connectivity index is 3.35. The van der Waals surface area contributed by atoms with Crippen molar-refractivity contribution in [2.45, 2.75) is 4.90 Å². The maximum atomic E-state index is 13.2. The summed E-state index contributed by atoms with van der Waals surface area (Å²) in [6.45, 7) is 0. The summed E-state index contributed by atoms with van der Waals surface area (Å²) in [5.41, 5.74) is -0.489. The van der Waals surface area contributed by atoms with Crippen LogP contribution in [0.2, 0.25) is 0 Å². The molecule has 0 spiro atoms. The summed E-state index contributed by atoms with van der Waals surface area (Å²) in [7, 11) is -0.961. The lowest BCUT2D eigenvalue weighted by Crippen LogP contribution is -2.36. The van der Waals surface area contributed by atoms with E-state index in [1.54, 1.807) is 0 Å². The normalized spacial score (nSPS) is 11.4. The van der Waals surface area contributed by atoms with Crippen LogP contribution in [0.15, 0.2) is 23.1 Å². The molecule has 0 aromatic heterocycles. The van der Waals surface area contributed by atoms with Crippen LogP contribution in [0.5, 0.6) is 0 Å². The Morgan fingerprint density at radius 2 is 2.06 bits per heavy atom. The van der Waals surface area contributed by atoms with Crippen molar-refractivity contribution in [2.75, 3.05) is 14.1 Å².